The summed E-state index contributed by atoms with van der Waals surface area (Å²) in [6, 6.07) is 6.05. The zero-order chi connectivity index (χ0) is 18.9. The van der Waals surface area contributed by atoms with Gasteiger partial charge in [0.05, 0.1) is 0 Å². The van der Waals surface area contributed by atoms with Gasteiger partial charge in [0.1, 0.15) is 5.82 Å². The topological polar surface area (TPSA) is 55.4 Å². The van der Waals surface area contributed by atoms with Gasteiger partial charge >= 0.3 is 5.97 Å². The maximum atomic E-state index is 12.9. The van der Waals surface area contributed by atoms with Gasteiger partial charge in [-0.15, -0.1) is 0 Å². The lowest BCUT2D eigenvalue weighted by Gasteiger charge is -2.56. The Morgan fingerprint density at radius 2 is 1.63 bits per heavy atom. The lowest BCUT2D eigenvalue weighted by molar-refractivity contribution is -0.148. The summed E-state index contributed by atoms with van der Waals surface area (Å²) < 4.78 is 18.0. The number of hydrogen-bond acceptors (Lipinski definition) is 3. The molecule has 1 aromatic rings. The van der Waals surface area contributed by atoms with Crippen molar-refractivity contribution in [3.05, 3.63) is 35.6 Å². The first-order valence-electron chi connectivity index (χ1n) is 10.2. The van der Waals surface area contributed by atoms with Gasteiger partial charge in [-0.3, -0.25) is 9.59 Å². The van der Waals surface area contributed by atoms with Gasteiger partial charge in [0.2, 0.25) is 0 Å². The van der Waals surface area contributed by atoms with Crippen LogP contribution in [-0.4, -0.2) is 25.0 Å². The fraction of sp³-hybridized carbons (Fsp3) is 0.636. The first-order valence-corrected chi connectivity index (χ1v) is 10.2. The highest BCUT2D eigenvalue weighted by atomic mass is 19.1. The third kappa shape index (κ3) is 4.50. The second-order valence-electron chi connectivity index (χ2n) is 8.98. The Morgan fingerprint density at radius 3 is 2.22 bits per heavy atom. The first kappa shape index (κ1) is 18.5. The second-order valence-corrected chi connectivity index (χ2v) is 8.98. The molecular weight excluding hydrogens is 345 g/mol. The number of esters is 1. The van der Waals surface area contributed by atoms with Gasteiger partial charge < -0.3 is 10.1 Å². The third-order valence-corrected chi connectivity index (χ3v) is 6.72. The minimum Gasteiger partial charge on any atom is -0.456 e. The number of benzene rings is 1. The van der Waals surface area contributed by atoms with Crippen molar-refractivity contribution < 1.29 is 18.7 Å². The van der Waals surface area contributed by atoms with Crippen molar-refractivity contribution in [3.8, 4) is 0 Å². The lowest BCUT2D eigenvalue weighted by Crippen LogP contribution is -2.51. The van der Waals surface area contributed by atoms with Crippen LogP contribution in [0.25, 0.3) is 0 Å². The monoisotopic (exact) mass is 373 g/mol. The zero-order valence-electron chi connectivity index (χ0n) is 15.7. The molecule has 0 aliphatic heterocycles. The Labute approximate surface area is 159 Å². The molecule has 4 aliphatic rings. The van der Waals surface area contributed by atoms with E-state index in [9.17, 15) is 14.0 Å². The van der Waals surface area contributed by atoms with E-state index in [0.717, 1.165) is 29.9 Å². The molecule has 0 heterocycles. The molecule has 1 amide bonds. The SMILES string of the molecule is O=C(COC(=O)CCc1ccc(F)cc1)NCC12CC3CC(CC(C3)C1)C2. The number of carbonyl (C=O) groups is 2. The zero-order valence-corrected chi connectivity index (χ0v) is 15.7. The van der Waals surface area contributed by atoms with E-state index in [1.165, 1.54) is 50.7 Å². The van der Waals surface area contributed by atoms with E-state index in [2.05, 4.69) is 5.32 Å². The molecular formula is C22H28FNO3. The molecule has 27 heavy (non-hydrogen) atoms. The summed E-state index contributed by atoms with van der Waals surface area (Å²) in [6.45, 7) is 0.511. The number of ether oxygens (including phenoxy) is 1. The normalized spacial score (nSPS) is 30.9. The van der Waals surface area contributed by atoms with Gasteiger partial charge in [0, 0.05) is 13.0 Å². The van der Waals surface area contributed by atoms with Gasteiger partial charge in [-0.25, -0.2) is 4.39 Å². The minimum absolute atomic E-state index is 0.188. The predicted molar refractivity (Wildman–Crippen MR) is 99.3 cm³/mol. The number of halogens is 1. The summed E-state index contributed by atoms with van der Waals surface area (Å²) in [6.07, 6.45) is 8.57. The standard InChI is InChI=1S/C22H28FNO3/c23-19-4-1-15(2-5-19)3-6-21(26)27-13-20(25)24-14-22-10-16-7-17(11-22)9-18(8-16)12-22/h1-2,4-5,16-18H,3,6-14H2,(H,24,25). The number of nitrogens with one attached hydrogen (secondary N) is 1. The highest BCUT2D eigenvalue weighted by molar-refractivity contribution is 5.80. The van der Waals surface area contributed by atoms with Crippen LogP contribution in [0.2, 0.25) is 0 Å². The van der Waals surface area contributed by atoms with Crippen LogP contribution in [0, 0.1) is 29.0 Å². The molecule has 0 unspecified atom stereocenters. The summed E-state index contributed by atoms with van der Waals surface area (Å²) in [7, 11) is 0. The van der Waals surface area contributed by atoms with Crippen molar-refractivity contribution in [1.29, 1.82) is 0 Å². The molecule has 4 fully saturated rings. The van der Waals surface area contributed by atoms with E-state index in [0.29, 0.717) is 6.42 Å². The van der Waals surface area contributed by atoms with Gasteiger partial charge in [0.15, 0.2) is 6.61 Å². The average Bonchev–Trinajstić information content (AvgIpc) is 2.63. The molecule has 5 rings (SSSR count). The Balaban J connectivity index is 1.17. The van der Waals surface area contributed by atoms with Crippen molar-refractivity contribution in [1.82, 2.24) is 5.32 Å². The minimum atomic E-state index is -0.399. The number of carbonyl (C=O) groups excluding carboxylic acids is 2. The van der Waals surface area contributed by atoms with E-state index in [1.54, 1.807) is 12.1 Å². The molecule has 0 atom stereocenters. The molecule has 0 saturated heterocycles. The number of aryl methyl sites for hydroxylation is 1. The molecule has 4 nitrogen and oxygen atoms in total. The maximum absolute atomic E-state index is 12.9. The fourth-order valence-electron chi connectivity index (χ4n) is 5.96. The Bertz CT molecular complexity index is 665. The Morgan fingerprint density at radius 1 is 1.04 bits per heavy atom. The van der Waals surface area contributed by atoms with Crippen LogP contribution in [-0.2, 0) is 20.7 Å². The Kier molecular flexibility index (Phi) is 5.20. The Hall–Kier alpha value is -1.91. The number of hydrogen-bond donors (Lipinski definition) is 1. The lowest BCUT2D eigenvalue weighted by atomic mass is 9.49. The molecule has 1 N–H and O–H groups in total. The molecule has 4 bridgehead atoms. The molecule has 4 aliphatic carbocycles. The summed E-state index contributed by atoms with van der Waals surface area (Å²) in [5.41, 5.74) is 1.16. The van der Waals surface area contributed by atoms with Crippen LogP contribution in [0.1, 0.15) is 50.5 Å². The van der Waals surface area contributed by atoms with Crippen molar-refractivity contribution in [2.45, 2.75) is 51.4 Å². The summed E-state index contributed by atoms with van der Waals surface area (Å²) in [5, 5.41) is 3.02. The molecule has 0 spiro atoms. The number of amides is 1. The fourth-order valence-corrected chi connectivity index (χ4v) is 5.96. The predicted octanol–water partition coefficient (Wildman–Crippen LogP) is 3.63. The number of rotatable bonds is 7. The van der Waals surface area contributed by atoms with E-state index in [1.807, 2.05) is 0 Å². The molecule has 5 heteroatoms. The average molecular weight is 373 g/mol. The van der Waals surface area contributed by atoms with Crippen LogP contribution in [0.15, 0.2) is 24.3 Å². The van der Waals surface area contributed by atoms with E-state index in [-0.39, 0.29) is 30.2 Å². The first-order chi connectivity index (χ1) is 13.0. The molecule has 0 aromatic heterocycles. The highest BCUT2D eigenvalue weighted by Gasteiger charge is 2.50. The van der Waals surface area contributed by atoms with Crippen molar-refractivity contribution >= 4 is 11.9 Å². The summed E-state index contributed by atoms with van der Waals surface area (Å²) in [5.74, 6) is 1.68. The van der Waals surface area contributed by atoms with E-state index >= 15 is 0 Å². The van der Waals surface area contributed by atoms with Gasteiger partial charge in [-0.2, -0.15) is 0 Å². The van der Waals surface area contributed by atoms with Gasteiger partial charge in [-0.1, -0.05) is 12.1 Å². The van der Waals surface area contributed by atoms with E-state index < -0.39 is 5.97 Å². The largest absolute Gasteiger partial charge is 0.456 e. The van der Waals surface area contributed by atoms with E-state index in [4.69, 9.17) is 4.74 Å². The maximum Gasteiger partial charge on any atom is 0.306 e. The van der Waals surface area contributed by atoms with Crippen molar-refractivity contribution in [2.75, 3.05) is 13.2 Å². The molecule has 146 valence electrons. The quantitative estimate of drug-likeness (QED) is 0.743. The van der Waals surface area contributed by atoms with Gasteiger partial charge in [-0.05, 0) is 85.8 Å². The molecule has 0 radical (unpaired) electrons. The van der Waals surface area contributed by atoms with Crippen LogP contribution in [0.5, 0.6) is 0 Å². The second kappa shape index (κ2) is 7.61. The van der Waals surface area contributed by atoms with Crippen LogP contribution < -0.4 is 5.32 Å². The smallest absolute Gasteiger partial charge is 0.306 e. The van der Waals surface area contributed by atoms with Crippen LogP contribution >= 0.6 is 0 Å². The summed E-state index contributed by atoms with van der Waals surface area (Å²) in [4.78, 5) is 24.0. The van der Waals surface area contributed by atoms with Crippen molar-refractivity contribution in [3.63, 3.8) is 0 Å². The highest BCUT2D eigenvalue weighted by Crippen LogP contribution is 2.59. The molecule has 1 aromatic carbocycles. The van der Waals surface area contributed by atoms with Crippen molar-refractivity contribution in [2.24, 2.45) is 23.2 Å². The van der Waals surface area contributed by atoms with Crippen LogP contribution in [0.3, 0.4) is 0 Å². The van der Waals surface area contributed by atoms with Crippen LogP contribution in [0.4, 0.5) is 4.39 Å². The molecule has 4 saturated carbocycles. The summed E-state index contributed by atoms with van der Waals surface area (Å²) >= 11 is 0. The van der Waals surface area contributed by atoms with Gasteiger partial charge in [0.25, 0.3) is 5.91 Å². The third-order valence-electron chi connectivity index (χ3n) is 6.72.